The Hall–Kier alpha value is -3.55. The minimum absolute atomic E-state index is 0.155. The second-order valence-corrected chi connectivity index (χ2v) is 8.50. The summed E-state index contributed by atoms with van der Waals surface area (Å²) in [5.41, 5.74) is 3.29. The van der Waals surface area contributed by atoms with Crippen LogP contribution >= 0.6 is 22.9 Å². The van der Waals surface area contributed by atoms with Gasteiger partial charge in [0.25, 0.3) is 5.91 Å². The quantitative estimate of drug-likeness (QED) is 0.356. The van der Waals surface area contributed by atoms with E-state index in [0.29, 0.717) is 28.5 Å². The SMILES string of the molecule is O=C(Cc1csc(-c2ccccc2Cl)n1)NCc1cccc(NC(=O)c2ccc(F)cc2)c1. The number of carbonyl (C=O) groups excluding carboxylic acids is 2. The van der Waals surface area contributed by atoms with Crippen LogP contribution in [0, 0.1) is 5.82 Å². The summed E-state index contributed by atoms with van der Waals surface area (Å²) in [5, 5.41) is 8.89. The van der Waals surface area contributed by atoms with Crippen LogP contribution in [0.2, 0.25) is 5.02 Å². The number of rotatable bonds is 7. The summed E-state index contributed by atoms with van der Waals surface area (Å²) in [6.07, 6.45) is 0.155. The molecule has 0 aliphatic heterocycles. The predicted molar refractivity (Wildman–Crippen MR) is 129 cm³/mol. The van der Waals surface area contributed by atoms with Gasteiger partial charge in [0.2, 0.25) is 5.91 Å². The van der Waals surface area contributed by atoms with E-state index in [1.54, 1.807) is 24.3 Å². The number of thiazole rings is 1. The standard InChI is InChI=1S/C25H19ClFN3O2S/c26-22-7-2-1-6-21(22)25-30-20(15-33-25)13-23(31)28-14-16-4-3-5-19(12-16)29-24(32)17-8-10-18(27)11-9-17/h1-12,15H,13-14H2,(H,28,31)(H,29,32). The van der Waals surface area contributed by atoms with Gasteiger partial charge in [0.05, 0.1) is 17.1 Å². The lowest BCUT2D eigenvalue weighted by Crippen LogP contribution is -2.24. The number of benzene rings is 3. The molecular weight excluding hydrogens is 461 g/mol. The molecule has 1 aromatic heterocycles. The highest BCUT2D eigenvalue weighted by atomic mass is 35.5. The van der Waals surface area contributed by atoms with Gasteiger partial charge in [-0.15, -0.1) is 11.3 Å². The molecule has 33 heavy (non-hydrogen) atoms. The molecule has 0 fully saturated rings. The molecule has 0 unspecified atom stereocenters. The molecule has 4 rings (SSSR count). The van der Waals surface area contributed by atoms with E-state index in [4.69, 9.17) is 11.6 Å². The second kappa shape index (κ2) is 10.4. The van der Waals surface area contributed by atoms with Gasteiger partial charge in [-0.05, 0) is 48.0 Å². The van der Waals surface area contributed by atoms with Crippen molar-refractivity contribution in [2.45, 2.75) is 13.0 Å². The van der Waals surface area contributed by atoms with E-state index >= 15 is 0 Å². The number of amides is 2. The van der Waals surface area contributed by atoms with Crippen molar-refractivity contribution in [3.8, 4) is 10.6 Å². The zero-order valence-corrected chi connectivity index (χ0v) is 18.9. The lowest BCUT2D eigenvalue weighted by Gasteiger charge is -2.09. The largest absolute Gasteiger partial charge is 0.352 e. The number of anilines is 1. The van der Waals surface area contributed by atoms with Gasteiger partial charge in [0.15, 0.2) is 0 Å². The zero-order chi connectivity index (χ0) is 23.2. The van der Waals surface area contributed by atoms with Crippen LogP contribution in [0.1, 0.15) is 21.6 Å². The molecule has 2 N–H and O–H groups in total. The van der Waals surface area contributed by atoms with Crippen LogP contribution in [0.25, 0.3) is 10.6 Å². The van der Waals surface area contributed by atoms with Gasteiger partial charge in [-0.1, -0.05) is 41.9 Å². The maximum absolute atomic E-state index is 13.0. The normalized spacial score (nSPS) is 10.6. The minimum atomic E-state index is -0.401. The van der Waals surface area contributed by atoms with E-state index in [9.17, 15) is 14.0 Å². The molecular formula is C25H19ClFN3O2S. The van der Waals surface area contributed by atoms with Crippen LogP contribution in [0.15, 0.2) is 78.2 Å². The Morgan fingerprint density at radius 2 is 1.79 bits per heavy atom. The number of hydrogen-bond acceptors (Lipinski definition) is 4. The van der Waals surface area contributed by atoms with Crippen molar-refractivity contribution in [3.63, 3.8) is 0 Å². The van der Waals surface area contributed by atoms with E-state index in [0.717, 1.165) is 16.1 Å². The summed E-state index contributed by atoms with van der Waals surface area (Å²) in [6.45, 7) is 0.306. The van der Waals surface area contributed by atoms with Crippen LogP contribution in [0.3, 0.4) is 0 Å². The molecule has 0 radical (unpaired) electrons. The predicted octanol–water partition coefficient (Wildman–Crippen LogP) is 5.71. The van der Waals surface area contributed by atoms with Gasteiger partial charge in [-0.2, -0.15) is 0 Å². The van der Waals surface area contributed by atoms with Crippen LogP contribution < -0.4 is 10.6 Å². The molecule has 3 aromatic carbocycles. The Morgan fingerprint density at radius 1 is 1.00 bits per heavy atom. The molecule has 0 saturated heterocycles. The van der Waals surface area contributed by atoms with E-state index < -0.39 is 5.82 Å². The number of carbonyl (C=O) groups is 2. The van der Waals surface area contributed by atoms with Crippen molar-refractivity contribution in [3.05, 3.63) is 106 Å². The molecule has 4 aromatic rings. The van der Waals surface area contributed by atoms with Crippen LogP contribution in [-0.2, 0) is 17.8 Å². The van der Waals surface area contributed by atoms with Crippen molar-refractivity contribution in [2.24, 2.45) is 0 Å². The Kier molecular flexibility index (Phi) is 7.12. The number of nitrogens with zero attached hydrogens (tertiary/aromatic N) is 1. The summed E-state index contributed by atoms with van der Waals surface area (Å²) in [6, 6.07) is 19.9. The topological polar surface area (TPSA) is 71.1 Å². The van der Waals surface area contributed by atoms with Gasteiger partial charge in [0, 0.05) is 28.7 Å². The first-order valence-electron chi connectivity index (χ1n) is 10.1. The van der Waals surface area contributed by atoms with Gasteiger partial charge in [-0.3, -0.25) is 9.59 Å². The molecule has 0 atom stereocenters. The Bertz CT molecular complexity index is 1290. The average Bonchev–Trinajstić information content (AvgIpc) is 3.27. The monoisotopic (exact) mass is 479 g/mol. The molecule has 0 spiro atoms. The number of aromatic nitrogens is 1. The summed E-state index contributed by atoms with van der Waals surface area (Å²) in [4.78, 5) is 29.2. The summed E-state index contributed by atoms with van der Waals surface area (Å²) in [7, 11) is 0. The van der Waals surface area contributed by atoms with Crippen molar-refractivity contribution in [1.82, 2.24) is 10.3 Å². The van der Waals surface area contributed by atoms with Crippen LogP contribution in [-0.4, -0.2) is 16.8 Å². The van der Waals surface area contributed by atoms with Crippen LogP contribution in [0.4, 0.5) is 10.1 Å². The number of halogens is 2. The fourth-order valence-corrected chi connectivity index (χ4v) is 4.28. The first kappa shape index (κ1) is 22.6. The van der Waals surface area contributed by atoms with Gasteiger partial charge < -0.3 is 10.6 Å². The van der Waals surface area contributed by atoms with Gasteiger partial charge in [-0.25, -0.2) is 9.37 Å². The van der Waals surface area contributed by atoms with E-state index in [1.807, 2.05) is 29.6 Å². The van der Waals surface area contributed by atoms with Crippen molar-refractivity contribution in [2.75, 3.05) is 5.32 Å². The third-order valence-electron chi connectivity index (χ3n) is 4.78. The molecule has 8 heteroatoms. The highest BCUT2D eigenvalue weighted by molar-refractivity contribution is 7.13. The molecule has 2 amide bonds. The van der Waals surface area contributed by atoms with Crippen molar-refractivity contribution < 1.29 is 14.0 Å². The third kappa shape index (κ3) is 6.03. The Labute approximate surface area is 199 Å². The smallest absolute Gasteiger partial charge is 0.255 e. The highest BCUT2D eigenvalue weighted by Crippen LogP contribution is 2.30. The van der Waals surface area contributed by atoms with E-state index in [-0.39, 0.29) is 18.2 Å². The first-order valence-corrected chi connectivity index (χ1v) is 11.4. The Morgan fingerprint density at radius 3 is 2.58 bits per heavy atom. The summed E-state index contributed by atoms with van der Waals surface area (Å²) >= 11 is 7.67. The summed E-state index contributed by atoms with van der Waals surface area (Å²) < 4.78 is 13.0. The minimum Gasteiger partial charge on any atom is -0.352 e. The molecule has 0 bridgehead atoms. The first-order chi connectivity index (χ1) is 16.0. The molecule has 1 heterocycles. The van der Waals surface area contributed by atoms with Crippen molar-refractivity contribution in [1.29, 1.82) is 0 Å². The molecule has 166 valence electrons. The maximum Gasteiger partial charge on any atom is 0.255 e. The van der Waals surface area contributed by atoms with E-state index in [1.165, 1.54) is 35.6 Å². The van der Waals surface area contributed by atoms with E-state index in [2.05, 4.69) is 15.6 Å². The molecule has 0 aliphatic rings. The maximum atomic E-state index is 13.0. The average molecular weight is 480 g/mol. The molecule has 5 nitrogen and oxygen atoms in total. The van der Waals surface area contributed by atoms with Crippen molar-refractivity contribution >= 4 is 40.4 Å². The zero-order valence-electron chi connectivity index (χ0n) is 17.3. The van der Waals surface area contributed by atoms with Crippen LogP contribution in [0.5, 0.6) is 0 Å². The summed E-state index contributed by atoms with van der Waals surface area (Å²) in [5.74, 6) is -0.900. The highest BCUT2D eigenvalue weighted by Gasteiger charge is 2.11. The molecule has 0 saturated carbocycles. The lowest BCUT2D eigenvalue weighted by molar-refractivity contribution is -0.120. The number of nitrogens with one attached hydrogen (secondary N) is 2. The lowest BCUT2D eigenvalue weighted by atomic mass is 10.1. The number of hydrogen-bond donors (Lipinski definition) is 2. The molecule has 0 aliphatic carbocycles. The fraction of sp³-hybridized carbons (Fsp3) is 0.0800. The van der Waals surface area contributed by atoms with Gasteiger partial charge in [0.1, 0.15) is 10.8 Å². The fourth-order valence-electron chi connectivity index (χ4n) is 3.14. The second-order valence-electron chi connectivity index (χ2n) is 7.24. The van der Waals surface area contributed by atoms with Gasteiger partial charge >= 0.3 is 0 Å². The third-order valence-corrected chi connectivity index (χ3v) is 6.03. The Balaban J connectivity index is 1.32.